The Kier molecular flexibility index (Phi) is 13.0. The Balaban J connectivity index is 2.82. The first kappa shape index (κ1) is 24.0. The maximum Gasteiger partial charge on any atom is -0.0289 e. The van der Waals surface area contributed by atoms with E-state index >= 15 is 0 Å². The van der Waals surface area contributed by atoms with Crippen molar-refractivity contribution in [1.82, 2.24) is 0 Å². The highest BCUT2D eigenvalue weighted by Gasteiger charge is 2.43. The van der Waals surface area contributed by atoms with E-state index in [-0.39, 0.29) is 0 Å². The maximum atomic E-state index is 2.75. The van der Waals surface area contributed by atoms with Crippen molar-refractivity contribution in [2.75, 3.05) is 0 Å². The van der Waals surface area contributed by atoms with Crippen LogP contribution in [0.4, 0.5) is 0 Å². The molecule has 1 fully saturated rings. The molecule has 1 aliphatic carbocycles. The van der Waals surface area contributed by atoms with Crippen LogP contribution < -0.4 is 0 Å². The molecule has 0 heterocycles. The molecule has 0 aliphatic heterocycles. The fourth-order valence-corrected chi connectivity index (χ4v) is 5.64. The fraction of sp³-hybridized carbons (Fsp3) is 0.962. The van der Waals surface area contributed by atoms with Crippen LogP contribution in [0.2, 0.25) is 0 Å². The van der Waals surface area contributed by atoms with Gasteiger partial charge in [-0.15, -0.1) is 0 Å². The lowest BCUT2D eigenvalue weighted by atomic mass is 9.56. The summed E-state index contributed by atoms with van der Waals surface area (Å²) in [6.45, 7) is 9.43. The molecule has 0 atom stereocenters. The molecule has 0 unspecified atom stereocenters. The average molecular weight is 364 g/mol. The molecule has 1 radical (unpaired) electrons. The van der Waals surface area contributed by atoms with Crippen LogP contribution in [0.5, 0.6) is 0 Å². The van der Waals surface area contributed by atoms with E-state index in [9.17, 15) is 0 Å². The highest BCUT2D eigenvalue weighted by molar-refractivity contribution is 5.00. The molecule has 0 bridgehead atoms. The Labute approximate surface area is 167 Å². The SMILES string of the molecule is CCCCCC1(CCCCC)C[CH]CC(CCCCC)(CCCCC)C1. The van der Waals surface area contributed by atoms with Gasteiger partial charge in [0.25, 0.3) is 0 Å². The molecular weight excluding hydrogens is 312 g/mol. The molecule has 1 saturated carbocycles. The summed E-state index contributed by atoms with van der Waals surface area (Å²) in [4.78, 5) is 0. The van der Waals surface area contributed by atoms with Crippen LogP contribution in [0, 0.1) is 17.3 Å². The zero-order valence-corrected chi connectivity index (χ0v) is 19.0. The molecule has 0 saturated heterocycles. The minimum absolute atomic E-state index is 0.654. The van der Waals surface area contributed by atoms with Gasteiger partial charge >= 0.3 is 0 Å². The summed E-state index contributed by atoms with van der Waals surface area (Å²) in [5, 5.41) is 0. The highest BCUT2D eigenvalue weighted by atomic mass is 14.5. The second-order valence-corrected chi connectivity index (χ2v) is 9.70. The number of hydrogen-bond acceptors (Lipinski definition) is 0. The second-order valence-electron chi connectivity index (χ2n) is 9.70. The van der Waals surface area contributed by atoms with E-state index < -0.39 is 0 Å². The Morgan fingerprint density at radius 3 is 1.08 bits per heavy atom. The Morgan fingerprint density at radius 1 is 0.500 bits per heavy atom. The van der Waals surface area contributed by atoms with Crippen LogP contribution in [-0.2, 0) is 0 Å². The fourth-order valence-electron chi connectivity index (χ4n) is 5.64. The molecule has 0 nitrogen and oxygen atoms in total. The lowest BCUT2D eigenvalue weighted by molar-refractivity contribution is 0.0469. The quantitative estimate of drug-likeness (QED) is 0.239. The Morgan fingerprint density at radius 2 is 0.808 bits per heavy atom. The minimum Gasteiger partial charge on any atom is -0.0654 e. The smallest absolute Gasteiger partial charge is 0.0289 e. The molecule has 1 rings (SSSR count). The van der Waals surface area contributed by atoms with Gasteiger partial charge in [-0.25, -0.2) is 0 Å². The van der Waals surface area contributed by atoms with Crippen molar-refractivity contribution in [3.63, 3.8) is 0 Å². The third-order valence-corrected chi connectivity index (χ3v) is 7.15. The van der Waals surface area contributed by atoms with Crippen molar-refractivity contribution in [1.29, 1.82) is 0 Å². The predicted molar refractivity (Wildman–Crippen MR) is 120 cm³/mol. The maximum absolute atomic E-state index is 2.75. The lowest BCUT2D eigenvalue weighted by Crippen LogP contribution is -2.37. The topological polar surface area (TPSA) is 0 Å². The zero-order chi connectivity index (χ0) is 19.1. The van der Waals surface area contributed by atoms with Gasteiger partial charge in [0, 0.05) is 0 Å². The van der Waals surface area contributed by atoms with Gasteiger partial charge in [0.2, 0.25) is 0 Å². The van der Waals surface area contributed by atoms with E-state index in [0.29, 0.717) is 10.8 Å². The number of hydrogen-bond donors (Lipinski definition) is 0. The first-order valence-corrected chi connectivity index (χ1v) is 12.5. The summed E-state index contributed by atoms with van der Waals surface area (Å²) >= 11 is 0. The highest BCUT2D eigenvalue weighted by Crippen LogP contribution is 2.55. The van der Waals surface area contributed by atoms with Gasteiger partial charge in [-0.3, -0.25) is 0 Å². The first-order valence-electron chi connectivity index (χ1n) is 12.5. The van der Waals surface area contributed by atoms with Gasteiger partial charge in [-0.05, 0) is 62.2 Å². The molecule has 26 heavy (non-hydrogen) atoms. The molecule has 0 aromatic heterocycles. The first-order chi connectivity index (χ1) is 12.7. The van der Waals surface area contributed by atoms with E-state index in [1.165, 1.54) is 116 Å². The zero-order valence-electron chi connectivity index (χ0n) is 19.0. The standard InChI is InChI=1S/C26H51/c1-5-9-13-18-25(19-14-10-6-2)22-17-23-26(24-25,20-15-11-7-3)21-16-12-8-4/h17H,5-16,18-24H2,1-4H3. The predicted octanol–water partition coefficient (Wildman–Crippen LogP) is 9.67. The summed E-state index contributed by atoms with van der Waals surface area (Å²) in [6.07, 6.45) is 30.3. The van der Waals surface area contributed by atoms with Crippen molar-refractivity contribution in [2.45, 2.75) is 150 Å². The lowest BCUT2D eigenvalue weighted by Gasteiger charge is -2.49. The van der Waals surface area contributed by atoms with Gasteiger partial charge in [-0.2, -0.15) is 0 Å². The van der Waals surface area contributed by atoms with Crippen LogP contribution in [0.1, 0.15) is 150 Å². The van der Waals surface area contributed by atoms with Crippen molar-refractivity contribution in [2.24, 2.45) is 10.8 Å². The molecule has 0 N–H and O–H groups in total. The molecule has 0 amide bonds. The van der Waals surface area contributed by atoms with Crippen LogP contribution in [0.25, 0.3) is 0 Å². The van der Waals surface area contributed by atoms with E-state index in [4.69, 9.17) is 0 Å². The molecule has 0 spiro atoms. The van der Waals surface area contributed by atoms with E-state index in [2.05, 4.69) is 34.1 Å². The van der Waals surface area contributed by atoms with Crippen LogP contribution in [0.3, 0.4) is 0 Å². The Hall–Kier alpha value is 0. The van der Waals surface area contributed by atoms with E-state index in [1.54, 1.807) is 6.42 Å². The van der Waals surface area contributed by atoms with Crippen molar-refractivity contribution < 1.29 is 0 Å². The summed E-state index contributed by atoms with van der Waals surface area (Å²) in [5.41, 5.74) is 1.31. The number of unbranched alkanes of at least 4 members (excludes halogenated alkanes) is 8. The summed E-state index contributed by atoms with van der Waals surface area (Å²) < 4.78 is 0. The summed E-state index contributed by atoms with van der Waals surface area (Å²) in [5.74, 6) is 0. The van der Waals surface area contributed by atoms with Gasteiger partial charge in [0.05, 0.1) is 0 Å². The van der Waals surface area contributed by atoms with Gasteiger partial charge in [0.1, 0.15) is 0 Å². The molecular formula is C26H51. The monoisotopic (exact) mass is 363 g/mol. The third-order valence-electron chi connectivity index (χ3n) is 7.15. The molecule has 0 aromatic carbocycles. The van der Waals surface area contributed by atoms with E-state index in [1.807, 2.05) is 0 Å². The van der Waals surface area contributed by atoms with Crippen molar-refractivity contribution in [3.8, 4) is 0 Å². The van der Waals surface area contributed by atoms with E-state index in [0.717, 1.165) is 0 Å². The molecule has 155 valence electrons. The van der Waals surface area contributed by atoms with Crippen molar-refractivity contribution >= 4 is 0 Å². The normalized spacial score (nSPS) is 18.9. The van der Waals surface area contributed by atoms with Gasteiger partial charge < -0.3 is 0 Å². The van der Waals surface area contributed by atoms with Crippen LogP contribution in [0.15, 0.2) is 0 Å². The van der Waals surface area contributed by atoms with Crippen LogP contribution in [-0.4, -0.2) is 0 Å². The third kappa shape index (κ3) is 8.79. The second kappa shape index (κ2) is 14.1. The van der Waals surface area contributed by atoms with Gasteiger partial charge in [0.15, 0.2) is 0 Å². The molecule has 1 aliphatic rings. The molecule has 0 heteroatoms. The summed E-state index contributed by atoms with van der Waals surface area (Å²) in [6, 6.07) is 0. The largest absolute Gasteiger partial charge is 0.0654 e. The Bertz CT molecular complexity index is 266. The molecule has 0 aromatic rings. The van der Waals surface area contributed by atoms with Gasteiger partial charge in [-0.1, -0.05) is 105 Å². The number of rotatable bonds is 16. The minimum atomic E-state index is 0.654. The van der Waals surface area contributed by atoms with Crippen molar-refractivity contribution in [3.05, 3.63) is 6.42 Å². The van der Waals surface area contributed by atoms with Crippen LogP contribution >= 0.6 is 0 Å². The average Bonchev–Trinajstić information content (AvgIpc) is 2.63. The summed E-state index contributed by atoms with van der Waals surface area (Å²) in [7, 11) is 0.